The molecule has 0 radical (unpaired) electrons. The van der Waals surface area contributed by atoms with Crippen molar-refractivity contribution >= 4 is 16.5 Å². The summed E-state index contributed by atoms with van der Waals surface area (Å²) in [4.78, 5) is 0. The van der Waals surface area contributed by atoms with E-state index >= 15 is 0 Å². The quantitative estimate of drug-likeness (QED) is 0.153. The summed E-state index contributed by atoms with van der Waals surface area (Å²) in [5.41, 5.74) is 0. The fourth-order valence-corrected chi connectivity index (χ4v) is 2.78. The zero-order chi connectivity index (χ0) is 20.5. The van der Waals surface area contributed by atoms with Crippen molar-refractivity contribution in [1.29, 1.82) is 0 Å². The molecule has 0 heterocycles. The molecule has 0 fully saturated rings. The second-order valence-corrected chi connectivity index (χ2v) is 15.9. The summed E-state index contributed by atoms with van der Waals surface area (Å²) in [6.07, 6.45) is 20.4. The van der Waals surface area contributed by atoms with Gasteiger partial charge in [-0.2, -0.15) is 0 Å². The molecular formula is C21H48BrCl2HgNO. The minimum absolute atomic E-state index is 0. The van der Waals surface area contributed by atoms with Gasteiger partial charge in [-0.1, -0.05) is 84.0 Å². The molecule has 2 nitrogen and oxygen atoms in total. The third-order valence-electron chi connectivity index (χ3n) is 4.18. The van der Waals surface area contributed by atoms with Crippen LogP contribution in [-0.2, 0) is 22.1 Å². The Hall–Kier alpha value is 1.92. The van der Waals surface area contributed by atoms with Crippen molar-refractivity contribution in [2.24, 2.45) is 0 Å². The Balaban J connectivity index is -0.000000331. The second-order valence-electron chi connectivity index (χ2n) is 8.03. The van der Waals surface area contributed by atoms with Crippen LogP contribution in [0.15, 0.2) is 0 Å². The summed E-state index contributed by atoms with van der Waals surface area (Å²) >= 11 is -1.14. The molecular weight excluding hydrogens is 634 g/mol. The first-order valence-corrected chi connectivity index (χ1v) is 24.5. The molecule has 0 saturated heterocycles. The van der Waals surface area contributed by atoms with Gasteiger partial charge in [-0.25, -0.2) is 0 Å². The monoisotopic (exact) mass is 681 g/mol. The van der Waals surface area contributed by atoms with Gasteiger partial charge < -0.3 is 26.6 Å². The van der Waals surface area contributed by atoms with Crippen LogP contribution in [0.25, 0.3) is 0 Å². The molecule has 0 rings (SSSR count). The van der Waals surface area contributed by atoms with Crippen LogP contribution >= 0.6 is 16.5 Å². The number of aliphatic hydroxyl groups excluding tert-OH is 1. The first-order valence-electron chi connectivity index (χ1n) is 10.9. The zero-order valence-electron chi connectivity index (χ0n) is 19.0. The van der Waals surface area contributed by atoms with Crippen molar-refractivity contribution in [3.05, 3.63) is 0 Å². The van der Waals surface area contributed by atoms with Gasteiger partial charge in [0.15, 0.2) is 0 Å². The molecule has 0 aromatic heterocycles. The molecule has 0 aromatic carbocycles. The van der Waals surface area contributed by atoms with Gasteiger partial charge in [0.25, 0.3) is 0 Å². The van der Waals surface area contributed by atoms with E-state index in [1.54, 1.807) is 6.92 Å². The number of hydrogen-bond acceptors (Lipinski definition) is 1. The molecule has 0 amide bonds. The molecule has 27 heavy (non-hydrogen) atoms. The van der Waals surface area contributed by atoms with Gasteiger partial charge in [0.1, 0.15) is 0 Å². The SMILES string of the molecule is CCCCCCCCCCCCCCCC[N+](C)(C)C.CCO.[Br-].[Cl][Hg][Cl]. The average molecular weight is 682 g/mol. The Labute approximate surface area is 201 Å². The first kappa shape index (κ1) is 36.3. The standard InChI is InChI=1S/C19H42N.C2H6O.BrH.2ClH.Hg/c1-5-6-7-8-9-10-11-12-13-14-15-16-17-18-19-20(2,3)4;1-2-3;;;;/h5-19H2,1-4H3;3H,2H2,1H3;3*1H;/q+1;;;;;+2/p-3. The number of aliphatic hydroxyl groups is 1. The Kier molecular flexibility index (Phi) is 43.8. The molecule has 0 bridgehead atoms. The van der Waals surface area contributed by atoms with Gasteiger partial charge in [-0.05, 0) is 19.8 Å². The normalized spacial score (nSPS) is 9.93. The summed E-state index contributed by atoms with van der Waals surface area (Å²) in [6, 6.07) is 0. The number of halogens is 3. The maximum atomic E-state index is 7.57. The van der Waals surface area contributed by atoms with Crippen LogP contribution in [0, 0.1) is 0 Å². The number of quaternary nitrogens is 1. The molecule has 0 aromatic rings. The van der Waals surface area contributed by atoms with Crippen LogP contribution in [0.5, 0.6) is 0 Å². The van der Waals surface area contributed by atoms with Crippen molar-refractivity contribution in [3.8, 4) is 0 Å². The Bertz CT molecular complexity index is 231. The number of rotatable bonds is 15. The second kappa shape index (κ2) is 32.6. The molecule has 166 valence electrons. The van der Waals surface area contributed by atoms with Crippen LogP contribution in [0.3, 0.4) is 0 Å². The fraction of sp³-hybridized carbons (Fsp3) is 1.00. The zero-order valence-corrected chi connectivity index (χ0v) is 27.6. The predicted octanol–water partition coefficient (Wildman–Crippen LogP) is 4.55. The molecule has 0 aliphatic heterocycles. The van der Waals surface area contributed by atoms with Gasteiger partial charge in [0.2, 0.25) is 0 Å². The summed E-state index contributed by atoms with van der Waals surface area (Å²) < 4.78 is 1.12. The topological polar surface area (TPSA) is 20.2 Å². The van der Waals surface area contributed by atoms with E-state index in [0.29, 0.717) is 0 Å². The Morgan fingerprint density at radius 1 is 0.630 bits per heavy atom. The van der Waals surface area contributed by atoms with Crippen molar-refractivity contribution in [1.82, 2.24) is 0 Å². The van der Waals surface area contributed by atoms with Crippen LogP contribution < -0.4 is 17.0 Å². The molecule has 0 aliphatic rings. The molecule has 1 N–H and O–H groups in total. The Morgan fingerprint density at radius 3 is 1.07 bits per heavy atom. The molecule has 0 spiro atoms. The van der Waals surface area contributed by atoms with E-state index < -0.39 is 22.1 Å². The predicted molar refractivity (Wildman–Crippen MR) is 118 cm³/mol. The minimum atomic E-state index is -1.14. The van der Waals surface area contributed by atoms with E-state index in [1.807, 2.05) is 0 Å². The number of unbranched alkanes of at least 4 members (excludes halogenated alkanes) is 13. The fourth-order valence-electron chi connectivity index (χ4n) is 2.78. The molecule has 0 unspecified atom stereocenters. The summed E-state index contributed by atoms with van der Waals surface area (Å²) in [7, 11) is 16.9. The van der Waals surface area contributed by atoms with E-state index in [0.717, 1.165) is 4.48 Å². The third kappa shape index (κ3) is 52.4. The summed E-state index contributed by atoms with van der Waals surface area (Å²) in [5, 5.41) is 7.57. The van der Waals surface area contributed by atoms with E-state index in [1.165, 1.54) is 96.4 Å². The van der Waals surface area contributed by atoms with Crippen molar-refractivity contribution in [2.45, 2.75) is 104 Å². The van der Waals surface area contributed by atoms with E-state index in [9.17, 15) is 0 Å². The van der Waals surface area contributed by atoms with E-state index in [-0.39, 0.29) is 23.6 Å². The van der Waals surface area contributed by atoms with Crippen LogP contribution in [0.1, 0.15) is 104 Å². The molecule has 0 saturated carbocycles. The van der Waals surface area contributed by atoms with Crippen molar-refractivity contribution in [2.75, 3.05) is 34.3 Å². The number of hydrogen-bond donors (Lipinski definition) is 1. The van der Waals surface area contributed by atoms with Crippen LogP contribution in [0.2, 0.25) is 0 Å². The van der Waals surface area contributed by atoms with E-state index in [2.05, 4.69) is 28.1 Å². The van der Waals surface area contributed by atoms with Gasteiger partial charge in [0, 0.05) is 6.61 Å². The van der Waals surface area contributed by atoms with Gasteiger partial charge >= 0.3 is 38.6 Å². The Morgan fingerprint density at radius 2 is 0.852 bits per heavy atom. The number of nitrogens with zero attached hydrogens (tertiary/aromatic N) is 1. The molecule has 6 heteroatoms. The van der Waals surface area contributed by atoms with Gasteiger partial charge in [0.05, 0.1) is 27.7 Å². The molecule has 0 atom stereocenters. The van der Waals surface area contributed by atoms with E-state index in [4.69, 9.17) is 21.6 Å². The van der Waals surface area contributed by atoms with Crippen LogP contribution in [0.4, 0.5) is 0 Å². The van der Waals surface area contributed by atoms with Crippen LogP contribution in [-0.4, -0.2) is 43.9 Å². The van der Waals surface area contributed by atoms with Gasteiger partial charge in [-0.15, -0.1) is 0 Å². The maximum absolute atomic E-state index is 7.57. The van der Waals surface area contributed by atoms with Crippen molar-refractivity contribution in [3.63, 3.8) is 0 Å². The summed E-state index contributed by atoms with van der Waals surface area (Å²) in [6.45, 7) is 5.56. The first-order chi connectivity index (χ1) is 12.4. The third-order valence-corrected chi connectivity index (χ3v) is 4.18. The van der Waals surface area contributed by atoms with Gasteiger partial charge in [-0.3, -0.25) is 0 Å². The average Bonchev–Trinajstić information content (AvgIpc) is 2.56. The summed E-state index contributed by atoms with van der Waals surface area (Å²) in [5.74, 6) is 0. The van der Waals surface area contributed by atoms with Crippen molar-refractivity contribution < 1.29 is 48.7 Å². The molecule has 0 aliphatic carbocycles.